The lowest BCUT2D eigenvalue weighted by atomic mass is 10.1. The van der Waals surface area contributed by atoms with Crippen molar-refractivity contribution in [3.8, 4) is 11.5 Å². The van der Waals surface area contributed by atoms with Gasteiger partial charge in [0.1, 0.15) is 0 Å². The first-order valence-electron chi connectivity index (χ1n) is 7.90. The molecule has 1 aromatic carbocycles. The second-order valence-corrected chi connectivity index (χ2v) is 7.08. The van der Waals surface area contributed by atoms with Gasteiger partial charge in [-0.2, -0.15) is 0 Å². The van der Waals surface area contributed by atoms with Crippen LogP contribution in [-0.4, -0.2) is 21.6 Å². The molecule has 0 amide bonds. The Bertz CT molecular complexity index is 823. The third-order valence-electron chi connectivity index (χ3n) is 4.45. The van der Waals surface area contributed by atoms with Crippen LogP contribution >= 0.6 is 11.3 Å². The normalized spacial score (nSPS) is 16.3. The van der Waals surface area contributed by atoms with Crippen molar-refractivity contribution in [3.05, 3.63) is 57.6 Å². The average molecular weight is 325 g/mol. The van der Waals surface area contributed by atoms with E-state index < -0.39 is 0 Å². The predicted octanol–water partition coefficient (Wildman–Crippen LogP) is 4.23. The number of nitrogens with zero attached hydrogens (tertiary/aromatic N) is 3. The quantitative estimate of drug-likeness (QED) is 0.723. The number of benzene rings is 1. The zero-order chi connectivity index (χ0) is 15.8. The summed E-state index contributed by atoms with van der Waals surface area (Å²) >= 11 is 1.86. The Morgan fingerprint density at radius 2 is 2.17 bits per heavy atom. The molecule has 1 aliphatic rings. The maximum Gasteiger partial charge on any atom is 0.247 e. The molecule has 1 atom stereocenters. The molecule has 4 rings (SSSR count). The summed E-state index contributed by atoms with van der Waals surface area (Å²) in [6, 6.07) is 10.5. The molecule has 0 N–H and O–H groups in total. The van der Waals surface area contributed by atoms with Crippen LogP contribution in [0.5, 0.6) is 0 Å². The fraction of sp³-hybridized carbons (Fsp3) is 0.333. The zero-order valence-electron chi connectivity index (χ0n) is 13.3. The number of aryl methyl sites for hydroxylation is 1. The molecule has 1 aliphatic heterocycles. The molecular formula is C18H19N3OS. The minimum absolute atomic E-state index is 0.133. The topological polar surface area (TPSA) is 42.2 Å². The van der Waals surface area contributed by atoms with Gasteiger partial charge in [-0.25, -0.2) is 0 Å². The fourth-order valence-corrected chi connectivity index (χ4v) is 3.94. The molecule has 3 aromatic rings. The first-order valence-corrected chi connectivity index (χ1v) is 8.78. The standard InChI is InChI=1S/C18H19N3OS/c1-12-4-3-5-14(10-12)18-20-19-17(22-18)13(2)21-8-6-16-15(11-21)7-9-23-16/h3-5,7,9-10,13H,6,8,11H2,1-2H3/t13-/m1/s1. The second kappa shape index (κ2) is 5.91. The smallest absolute Gasteiger partial charge is 0.247 e. The molecule has 0 spiro atoms. The van der Waals surface area contributed by atoms with Crippen LogP contribution in [0, 0.1) is 6.92 Å². The first kappa shape index (κ1) is 14.6. The second-order valence-electron chi connectivity index (χ2n) is 6.08. The number of aromatic nitrogens is 2. The van der Waals surface area contributed by atoms with Gasteiger partial charge in [-0.3, -0.25) is 4.90 Å². The van der Waals surface area contributed by atoms with Gasteiger partial charge in [0.25, 0.3) is 0 Å². The predicted molar refractivity (Wildman–Crippen MR) is 91.3 cm³/mol. The van der Waals surface area contributed by atoms with Crippen molar-refractivity contribution in [1.82, 2.24) is 15.1 Å². The first-order chi connectivity index (χ1) is 11.2. The highest BCUT2D eigenvalue weighted by molar-refractivity contribution is 7.10. The number of thiophene rings is 1. The highest BCUT2D eigenvalue weighted by Crippen LogP contribution is 2.30. The van der Waals surface area contributed by atoms with E-state index in [0.717, 1.165) is 25.1 Å². The fourth-order valence-electron chi connectivity index (χ4n) is 3.06. The van der Waals surface area contributed by atoms with Crippen LogP contribution in [0.25, 0.3) is 11.5 Å². The Hall–Kier alpha value is -1.98. The van der Waals surface area contributed by atoms with Crippen LogP contribution in [0.3, 0.4) is 0 Å². The molecule has 0 unspecified atom stereocenters. The van der Waals surface area contributed by atoms with E-state index in [1.807, 2.05) is 23.5 Å². The van der Waals surface area contributed by atoms with Gasteiger partial charge >= 0.3 is 0 Å². The van der Waals surface area contributed by atoms with Crippen LogP contribution in [0.4, 0.5) is 0 Å². The summed E-state index contributed by atoms with van der Waals surface area (Å²) < 4.78 is 5.95. The van der Waals surface area contributed by atoms with Gasteiger partial charge in [0.05, 0.1) is 6.04 Å². The lowest BCUT2D eigenvalue weighted by Gasteiger charge is -2.30. The molecule has 118 valence electrons. The maximum atomic E-state index is 5.95. The summed E-state index contributed by atoms with van der Waals surface area (Å²) in [4.78, 5) is 3.92. The van der Waals surface area contributed by atoms with E-state index in [0.29, 0.717) is 11.8 Å². The highest BCUT2D eigenvalue weighted by atomic mass is 32.1. The van der Waals surface area contributed by atoms with Crippen LogP contribution in [0.2, 0.25) is 0 Å². The monoisotopic (exact) mass is 325 g/mol. The molecule has 2 aromatic heterocycles. The van der Waals surface area contributed by atoms with Crippen molar-refractivity contribution in [3.63, 3.8) is 0 Å². The zero-order valence-corrected chi connectivity index (χ0v) is 14.1. The molecule has 0 saturated heterocycles. The number of hydrogen-bond acceptors (Lipinski definition) is 5. The molecule has 0 saturated carbocycles. The van der Waals surface area contributed by atoms with Crippen molar-refractivity contribution in [1.29, 1.82) is 0 Å². The van der Waals surface area contributed by atoms with Crippen molar-refractivity contribution >= 4 is 11.3 Å². The van der Waals surface area contributed by atoms with E-state index >= 15 is 0 Å². The minimum Gasteiger partial charge on any atom is -0.419 e. The van der Waals surface area contributed by atoms with Crippen LogP contribution < -0.4 is 0 Å². The molecule has 0 bridgehead atoms. The molecule has 0 aliphatic carbocycles. The van der Waals surface area contributed by atoms with Gasteiger partial charge in [0, 0.05) is 23.5 Å². The van der Waals surface area contributed by atoms with E-state index in [1.54, 1.807) is 0 Å². The SMILES string of the molecule is Cc1cccc(-c2nnc([C@@H](C)N3CCc4sccc4C3)o2)c1. The molecule has 23 heavy (non-hydrogen) atoms. The van der Waals surface area contributed by atoms with E-state index in [2.05, 4.69) is 52.5 Å². The molecule has 4 nitrogen and oxygen atoms in total. The van der Waals surface area contributed by atoms with Gasteiger partial charge < -0.3 is 4.42 Å². The van der Waals surface area contributed by atoms with E-state index in [1.165, 1.54) is 16.0 Å². The molecule has 5 heteroatoms. The third kappa shape index (κ3) is 2.82. The lowest BCUT2D eigenvalue weighted by molar-refractivity contribution is 0.168. The Labute approximate surface area is 139 Å². The lowest BCUT2D eigenvalue weighted by Crippen LogP contribution is -2.32. The average Bonchev–Trinajstić information content (AvgIpc) is 3.22. The van der Waals surface area contributed by atoms with E-state index in [9.17, 15) is 0 Å². The summed E-state index contributed by atoms with van der Waals surface area (Å²) in [7, 11) is 0. The van der Waals surface area contributed by atoms with Gasteiger partial charge in [-0.05, 0) is 49.4 Å². The van der Waals surface area contributed by atoms with Crippen molar-refractivity contribution in [2.45, 2.75) is 32.9 Å². The summed E-state index contributed by atoms with van der Waals surface area (Å²) in [5.74, 6) is 1.30. The molecule has 0 radical (unpaired) electrons. The van der Waals surface area contributed by atoms with Crippen molar-refractivity contribution in [2.75, 3.05) is 6.54 Å². The summed E-state index contributed by atoms with van der Waals surface area (Å²) in [5.41, 5.74) is 3.61. The van der Waals surface area contributed by atoms with Crippen LogP contribution in [0.15, 0.2) is 40.1 Å². The largest absolute Gasteiger partial charge is 0.419 e. The Morgan fingerprint density at radius 3 is 3.04 bits per heavy atom. The number of hydrogen-bond donors (Lipinski definition) is 0. The highest BCUT2D eigenvalue weighted by Gasteiger charge is 2.26. The van der Waals surface area contributed by atoms with Crippen molar-refractivity contribution < 1.29 is 4.42 Å². The van der Waals surface area contributed by atoms with Gasteiger partial charge in [0.15, 0.2) is 0 Å². The Balaban J connectivity index is 1.55. The number of rotatable bonds is 3. The Morgan fingerprint density at radius 1 is 1.26 bits per heavy atom. The Kier molecular flexibility index (Phi) is 3.75. The summed E-state index contributed by atoms with van der Waals surface area (Å²) in [5, 5.41) is 10.7. The van der Waals surface area contributed by atoms with Crippen molar-refractivity contribution in [2.24, 2.45) is 0 Å². The van der Waals surface area contributed by atoms with Crippen LogP contribution in [-0.2, 0) is 13.0 Å². The van der Waals surface area contributed by atoms with Gasteiger partial charge in [-0.15, -0.1) is 21.5 Å². The molecule has 0 fully saturated rings. The third-order valence-corrected chi connectivity index (χ3v) is 5.47. The number of fused-ring (bicyclic) bond motifs is 1. The van der Waals surface area contributed by atoms with Crippen LogP contribution in [0.1, 0.15) is 34.9 Å². The summed E-state index contributed by atoms with van der Waals surface area (Å²) in [6.07, 6.45) is 1.11. The maximum absolute atomic E-state index is 5.95. The van der Waals surface area contributed by atoms with Gasteiger partial charge in [-0.1, -0.05) is 17.7 Å². The molecule has 3 heterocycles. The van der Waals surface area contributed by atoms with Gasteiger partial charge in [0.2, 0.25) is 11.8 Å². The minimum atomic E-state index is 0.133. The summed E-state index contributed by atoms with van der Waals surface area (Å²) in [6.45, 7) is 6.21. The van der Waals surface area contributed by atoms with E-state index in [4.69, 9.17) is 4.42 Å². The molecular weight excluding hydrogens is 306 g/mol. The van der Waals surface area contributed by atoms with E-state index in [-0.39, 0.29) is 6.04 Å².